The lowest BCUT2D eigenvalue weighted by atomic mass is 9.94. The first-order chi connectivity index (χ1) is 9.47. The molecular weight excluding hydrogens is 290 g/mol. The van der Waals surface area contributed by atoms with E-state index in [2.05, 4.69) is 12.2 Å². The molecule has 1 heterocycles. The molecular formula is C15H30ClN3O2. The third-order valence-corrected chi connectivity index (χ3v) is 4.19. The molecule has 0 aromatic heterocycles. The topological polar surface area (TPSA) is 75.4 Å². The molecule has 21 heavy (non-hydrogen) atoms. The minimum absolute atomic E-state index is 0. The largest absolute Gasteiger partial charge is 0.356 e. The monoisotopic (exact) mass is 319 g/mol. The number of hydrogen-bond acceptors (Lipinski definition) is 3. The molecule has 0 aromatic carbocycles. The second-order valence-corrected chi connectivity index (χ2v) is 5.89. The molecule has 3 N–H and O–H groups in total. The average molecular weight is 320 g/mol. The zero-order valence-electron chi connectivity index (χ0n) is 13.4. The van der Waals surface area contributed by atoms with Crippen molar-refractivity contribution < 1.29 is 9.59 Å². The predicted octanol–water partition coefficient (Wildman–Crippen LogP) is 1.55. The first kappa shape index (κ1) is 20.2. The average Bonchev–Trinajstić information content (AvgIpc) is 2.46. The maximum Gasteiger partial charge on any atom is 0.226 e. The first-order valence-corrected chi connectivity index (χ1v) is 7.79. The van der Waals surface area contributed by atoms with Crippen LogP contribution in [0.5, 0.6) is 0 Å². The van der Waals surface area contributed by atoms with Crippen molar-refractivity contribution in [3.8, 4) is 0 Å². The van der Waals surface area contributed by atoms with Gasteiger partial charge in [-0.15, -0.1) is 12.4 Å². The molecule has 0 saturated carbocycles. The van der Waals surface area contributed by atoms with Crippen molar-refractivity contribution in [2.75, 3.05) is 19.6 Å². The molecule has 0 radical (unpaired) electrons. The van der Waals surface area contributed by atoms with Gasteiger partial charge in [-0.1, -0.05) is 20.3 Å². The van der Waals surface area contributed by atoms with Crippen LogP contribution in [-0.4, -0.2) is 42.4 Å². The van der Waals surface area contributed by atoms with Crippen LogP contribution in [0.15, 0.2) is 0 Å². The minimum Gasteiger partial charge on any atom is -0.356 e. The van der Waals surface area contributed by atoms with E-state index in [1.165, 1.54) is 0 Å². The molecule has 0 aromatic rings. The fourth-order valence-corrected chi connectivity index (χ4v) is 2.41. The summed E-state index contributed by atoms with van der Waals surface area (Å²) in [6.45, 7) is 7.93. The van der Waals surface area contributed by atoms with Crippen LogP contribution in [0.4, 0.5) is 0 Å². The number of likely N-dealkylation sites (tertiary alicyclic amines) is 1. The number of nitrogens with one attached hydrogen (secondary N) is 1. The van der Waals surface area contributed by atoms with Crippen molar-refractivity contribution in [2.24, 2.45) is 17.6 Å². The van der Waals surface area contributed by atoms with Gasteiger partial charge in [-0.05, 0) is 26.2 Å². The van der Waals surface area contributed by atoms with E-state index in [0.29, 0.717) is 13.1 Å². The number of unbranched alkanes of at least 4 members (excludes halogenated alkanes) is 1. The summed E-state index contributed by atoms with van der Waals surface area (Å²) >= 11 is 0. The van der Waals surface area contributed by atoms with Gasteiger partial charge in [0.15, 0.2) is 0 Å². The summed E-state index contributed by atoms with van der Waals surface area (Å²) < 4.78 is 0. The van der Waals surface area contributed by atoms with Crippen molar-refractivity contribution >= 4 is 24.2 Å². The van der Waals surface area contributed by atoms with Crippen molar-refractivity contribution in [2.45, 2.75) is 52.5 Å². The van der Waals surface area contributed by atoms with E-state index in [4.69, 9.17) is 5.73 Å². The number of nitrogens with zero attached hydrogens (tertiary/aromatic N) is 1. The number of nitrogens with two attached hydrogens (primary N) is 1. The van der Waals surface area contributed by atoms with Gasteiger partial charge < -0.3 is 16.0 Å². The summed E-state index contributed by atoms with van der Waals surface area (Å²) in [5.74, 6) is 0.169. The van der Waals surface area contributed by atoms with Gasteiger partial charge in [-0.25, -0.2) is 0 Å². The number of amides is 2. The Morgan fingerprint density at radius 2 is 1.86 bits per heavy atom. The van der Waals surface area contributed by atoms with E-state index in [1.807, 2.05) is 18.7 Å². The molecule has 6 heteroatoms. The van der Waals surface area contributed by atoms with Crippen LogP contribution in [0.25, 0.3) is 0 Å². The third kappa shape index (κ3) is 6.22. The molecule has 1 aliphatic rings. The maximum atomic E-state index is 12.2. The molecule has 5 nitrogen and oxygen atoms in total. The van der Waals surface area contributed by atoms with Crippen LogP contribution in [0, 0.1) is 11.8 Å². The highest BCUT2D eigenvalue weighted by Crippen LogP contribution is 2.19. The Morgan fingerprint density at radius 3 is 2.33 bits per heavy atom. The molecule has 1 aliphatic heterocycles. The van der Waals surface area contributed by atoms with E-state index < -0.39 is 0 Å². The zero-order chi connectivity index (χ0) is 15.1. The highest BCUT2D eigenvalue weighted by atomic mass is 35.5. The van der Waals surface area contributed by atoms with E-state index in [9.17, 15) is 9.59 Å². The number of hydrogen-bond donors (Lipinski definition) is 2. The Morgan fingerprint density at radius 1 is 1.29 bits per heavy atom. The van der Waals surface area contributed by atoms with Gasteiger partial charge in [0.25, 0.3) is 0 Å². The number of carbonyl (C=O) groups excluding carboxylic acids is 2. The SMILES string of the molecule is CCCCNC(=O)C1CCN(C(=O)C(C)C(C)N)CC1.Cl. The summed E-state index contributed by atoms with van der Waals surface area (Å²) in [7, 11) is 0. The highest BCUT2D eigenvalue weighted by molar-refractivity contribution is 5.85. The van der Waals surface area contributed by atoms with Crippen LogP contribution < -0.4 is 11.1 Å². The van der Waals surface area contributed by atoms with Crippen LogP contribution in [0.2, 0.25) is 0 Å². The van der Waals surface area contributed by atoms with Crippen LogP contribution in [0.3, 0.4) is 0 Å². The van der Waals surface area contributed by atoms with Gasteiger partial charge in [0, 0.05) is 31.6 Å². The van der Waals surface area contributed by atoms with Crippen LogP contribution in [-0.2, 0) is 9.59 Å². The van der Waals surface area contributed by atoms with Crippen LogP contribution >= 0.6 is 12.4 Å². The third-order valence-electron chi connectivity index (χ3n) is 4.19. The molecule has 0 spiro atoms. The number of halogens is 1. The molecule has 124 valence electrons. The molecule has 2 unspecified atom stereocenters. The molecule has 2 amide bonds. The molecule has 0 aliphatic carbocycles. The second kappa shape index (κ2) is 10.0. The van der Waals surface area contributed by atoms with Crippen molar-refractivity contribution in [1.29, 1.82) is 0 Å². The normalized spacial score (nSPS) is 18.6. The van der Waals surface area contributed by atoms with E-state index in [0.717, 1.165) is 32.2 Å². The van der Waals surface area contributed by atoms with Gasteiger partial charge in [0.1, 0.15) is 0 Å². The summed E-state index contributed by atoms with van der Waals surface area (Å²) in [6.07, 6.45) is 3.63. The van der Waals surface area contributed by atoms with Crippen LogP contribution in [0.1, 0.15) is 46.5 Å². The smallest absolute Gasteiger partial charge is 0.226 e. The molecule has 1 saturated heterocycles. The summed E-state index contributed by atoms with van der Waals surface area (Å²) in [4.78, 5) is 26.0. The van der Waals surface area contributed by atoms with Gasteiger partial charge in [-0.3, -0.25) is 9.59 Å². The fraction of sp³-hybridized carbons (Fsp3) is 0.867. The standard InChI is InChI=1S/C15H29N3O2.ClH/c1-4-5-8-17-14(19)13-6-9-18(10-7-13)15(20)11(2)12(3)16;/h11-13H,4-10,16H2,1-3H3,(H,17,19);1H. The fourth-order valence-electron chi connectivity index (χ4n) is 2.41. The zero-order valence-corrected chi connectivity index (χ0v) is 14.2. The summed E-state index contributed by atoms with van der Waals surface area (Å²) in [6, 6.07) is -0.127. The molecule has 1 rings (SSSR count). The van der Waals surface area contributed by atoms with Gasteiger partial charge >= 0.3 is 0 Å². The summed E-state index contributed by atoms with van der Waals surface area (Å²) in [5, 5.41) is 2.98. The second-order valence-electron chi connectivity index (χ2n) is 5.89. The van der Waals surface area contributed by atoms with Gasteiger partial charge in [-0.2, -0.15) is 0 Å². The lowest BCUT2D eigenvalue weighted by molar-refractivity contribution is -0.139. The lowest BCUT2D eigenvalue weighted by Crippen LogP contribution is -2.47. The molecule has 2 atom stereocenters. The molecule has 0 bridgehead atoms. The molecule has 1 fully saturated rings. The maximum absolute atomic E-state index is 12.2. The lowest BCUT2D eigenvalue weighted by Gasteiger charge is -2.33. The predicted molar refractivity (Wildman–Crippen MR) is 87.3 cm³/mol. The van der Waals surface area contributed by atoms with E-state index in [-0.39, 0.29) is 42.1 Å². The van der Waals surface area contributed by atoms with E-state index >= 15 is 0 Å². The summed E-state index contributed by atoms with van der Waals surface area (Å²) in [5.41, 5.74) is 5.78. The number of carbonyl (C=O) groups is 2. The van der Waals surface area contributed by atoms with Gasteiger partial charge in [0.2, 0.25) is 11.8 Å². The minimum atomic E-state index is -0.148. The van der Waals surface area contributed by atoms with Crippen molar-refractivity contribution in [3.05, 3.63) is 0 Å². The Bertz CT molecular complexity index is 329. The Kier molecular flexibility index (Phi) is 9.62. The Labute approximate surface area is 134 Å². The highest BCUT2D eigenvalue weighted by Gasteiger charge is 2.30. The number of rotatable bonds is 6. The first-order valence-electron chi connectivity index (χ1n) is 7.79. The van der Waals surface area contributed by atoms with E-state index in [1.54, 1.807) is 0 Å². The van der Waals surface area contributed by atoms with Crippen molar-refractivity contribution in [3.63, 3.8) is 0 Å². The Balaban J connectivity index is 0.00000400. The quantitative estimate of drug-likeness (QED) is 0.729. The number of piperidine rings is 1. The Hall–Kier alpha value is -0.810. The van der Waals surface area contributed by atoms with Crippen molar-refractivity contribution in [1.82, 2.24) is 10.2 Å². The van der Waals surface area contributed by atoms with Gasteiger partial charge in [0.05, 0.1) is 5.92 Å².